The quantitative estimate of drug-likeness (QED) is 0.741. The third-order valence-electron chi connectivity index (χ3n) is 4.19. The second kappa shape index (κ2) is 4.63. The number of nitrogens with zero attached hydrogens (tertiary/aromatic N) is 1. The molecule has 0 radical (unpaired) electrons. The van der Waals surface area contributed by atoms with E-state index in [2.05, 4.69) is 24.2 Å². The van der Waals surface area contributed by atoms with Crippen LogP contribution in [0.2, 0.25) is 0 Å². The molecule has 0 bridgehead atoms. The Labute approximate surface area is 88.1 Å². The second-order valence-electron chi connectivity index (χ2n) is 5.07. The minimum absolute atomic E-state index is 0.794. The molecule has 2 aliphatic rings. The highest BCUT2D eigenvalue weighted by Gasteiger charge is 2.30. The Morgan fingerprint density at radius 3 is 2.71 bits per heavy atom. The predicted molar refractivity (Wildman–Crippen MR) is 60.5 cm³/mol. The summed E-state index contributed by atoms with van der Waals surface area (Å²) in [5.74, 6) is 0.917. The molecule has 0 aromatic rings. The molecule has 2 nitrogen and oxygen atoms in total. The summed E-state index contributed by atoms with van der Waals surface area (Å²) in [5, 5.41) is 3.48. The summed E-state index contributed by atoms with van der Waals surface area (Å²) in [6, 6.07) is 1.64. The van der Waals surface area contributed by atoms with Gasteiger partial charge >= 0.3 is 0 Å². The number of hydrogen-bond acceptors (Lipinski definition) is 2. The lowest BCUT2D eigenvalue weighted by Crippen LogP contribution is -2.39. The summed E-state index contributed by atoms with van der Waals surface area (Å²) >= 11 is 0. The van der Waals surface area contributed by atoms with Crippen LogP contribution in [-0.2, 0) is 0 Å². The minimum atomic E-state index is 0.794. The number of likely N-dealkylation sites (tertiary alicyclic amines) is 1. The Morgan fingerprint density at radius 1 is 1.21 bits per heavy atom. The van der Waals surface area contributed by atoms with Crippen molar-refractivity contribution in [3.8, 4) is 0 Å². The monoisotopic (exact) mass is 196 g/mol. The van der Waals surface area contributed by atoms with Crippen LogP contribution in [0.25, 0.3) is 0 Å². The molecule has 3 atom stereocenters. The normalized spacial score (nSPS) is 39.4. The molecule has 3 unspecified atom stereocenters. The maximum absolute atomic E-state index is 3.48. The zero-order valence-corrected chi connectivity index (χ0v) is 9.63. The van der Waals surface area contributed by atoms with Crippen molar-refractivity contribution >= 4 is 0 Å². The van der Waals surface area contributed by atoms with Crippen molar-refractivity contribution in [3.63, 3.8) is 0 Å². The van der Waals surface area contributed by atoms with E-state index in [1.54, 1.807) is 0 Å². The maximum atomic E-state index is 3.48. The molecule has 0 spiro atoms. The van der Waals surface area contributed by atoms with Gasteiger partial charge < -0.3 is 10.2 Å². The molecular weight excluding hydrogens is 172 g/mol. The van der Waals surface area contributed by atoms with Gasteiger partial charge in [-0.25, -0.2) is 0 Å². The summed E-state index contributed by atoms with van der Waals surface area (Å²) in [6.45, 7) is 5.07. The van der Waals surface area contributed by atoms with Crippen molar-refractivity contribution in [1.29, 1.82) is 0 Å². The van der Waals surface area contributed by atoms with Crippen molar-refractivity contribution in [3.05, 3.63) is 0 Å². The van der Waals surface area contributed by atoms with Crippen LogP contribution < -0.4 is 5.32 Å². The fraction of sp³-hybridized carbons (Fsp3) is 1.00. The van der Waals surface area contributed by atoms with E-state index in [9.17, 15) is 0 Å². The van der Waals surface area contributed by atoms with E-state index >= 15 is 0 Å². The molecular formula is C12H24N2. The van der Waals surface area contributed by atoms with Gasteiger partial charge in [-0.2, -0.15) is 0 Å². The molecule has 0 aromatic heterocycles. The fourth-order valence-electron chi connectivity index (χ4n) is 3.20. The molecule has 14 heavy (non-hydrogen) atoms. The number of rotatable bonds is 3. The van der Waals surface area contributed by atoms with E-state index in [0.29, 0.717) is 0 Å². The number of hydrogen-bond donors (Lipinski definition) is 1. The Bertz CT molecular complexity index is 181. The van der Waals surface area contributed by atoms with Crippen LogP contribution in [0.1, 0.15) is 39.0 Å². The highest BCUT2D eigenvalue weighted by molar-refractivity contribution is 4.86. The third-order valence-corrected chi connectivity index (χ3v) is 4.19. The zero-order chi connectivity index (χ0) is 9.97. The average Bonchev–Trinajstić information content (AvgIpc) is 2.77. The highest BCUT2D eigenvalue weighted by Crippen LogP contribution is 2.28. The van der Waals surface area contributed by atoms with Crippen molar-refractivity contribution in [2.24, 2.45) is 5.92 Å². The summed E-state index contributed by atoms with van der Waals surface area (Å²) in [4.78, 5) is 2.69. The van der Waals surface area contributed by atoms with Gasteiger partial charge in [-0.1, -0.05) is 6.42 Å². The van der Waals surface area contributed by atoms with Crippen molar-refractivity contribution in [2.45, 2.75) is 51.1 Å². The molecule has 0 amide bonds. The van der Waals surface area contributed by atoms with Crippen molar-refractivity contribution in [1.82, 2.24) is 10.2 Å². The first kappa shape index (κ1) is 10.4. The Balaban J connectivity index is 1.83. The lowest BCUT2D eigenvalue weighted by Gasteiger charge is -2.28. The van der Waals surface area contributed by atoms with Crippen LogP contribution >= 0.6 is 0 Å². The van der Waals surface area contributed by atoms with E-state index in [0.717, 1.165) is 18.0 Å². The SMILES string of the molecule is CNC1CCCC1CN1CCCC1C. The van der Waals surface area contributed by atoms with Crippen molar-refractivity contribution < 1.29 is 0 Å². The molecule has 1 saturated carbocycles. The molecule has 0 aromatic carbocycles. The first-order valence-electron chi connectivity index (χ1n) is 6.22. The van der Waals surface area contributed by atoms with Gasteiger partial charge in [0.1, 0.15) is 0 Å². The first-order valence-corrected chi connectivity index (χ1v) is 6.22. The second-order valence-corrected chi connectivity index (χ2v) is 5.07. The highest BCUT2D eigenvalue weighted by atomic mass is 15.2. The Morgan fingerprint density at radius 2 is 2.07 bits per heavy atom. The van der Waals surface area contributed by atoms with Gasteiger partial charge in [0.2, 0.25) is 0 Å². The van der Waals surface area contributed by atoms with E-state index in [4.69, 9.17) is 0 Å². The van der Waals surface area contributed by atoms with Crippen LogP contribution in [0.3, 0.4) is 0 Å². The van der Waals surface area contributed by atoms with Crippen LogP contribution in [0.15, 0.2) is 0 Å². The molecule has 2 heteroatoms. The van der Waals surface area contributed by atoms with Crippen LogP contribution in [-0.4, -0.2) is 37.1 Å². The van der Waals surface area contributed by atoms with Gasteiger partial charge in [-0.05, 0) is 52.1 Å². The summed E-state index contributed by atoms with van der Waals surface area (Å²) in [6.07, 6.45) is 7.09. The lowest BCUT2D eigenvalue weighted by atomic mass is 10.0. The predicted octanol–water partition coefficient (Wildman–Crippen LogP) is 1.86. The Hall–Kier alpha value is -0.0800. The first-order chi connectivity index (χ1) is 6.81. The molecule has 2 rings (SSSR count). The van der Waals surface area contributed by atoms with Crippen LogP contribution in [0, 0.1) is 5.92 Å². The van der Waals surface area contributed by atoms with Gasteiger partial charge in [0.15, 0.2) is 0 Å². The van der Waals surface area contributed by atoms with E-state index in [1.807, 2.05) is 0 Å². The third kappa shape index (κ3) is 2.12. The molecule has 1 heterocycles. The topological polar surface area (TPSA) is 15.3 Å². The van der Waals surface area contributed by atoms with Crippen molar-refractivity contribution in [2.75, 3.05) is 20.1 Å². The Kier molecular flexibility index (Phi) is 3.45. The molecule has 1 N–H and O–H groups in total. The summed E-state index contributed by atoms with van der Waals surface area (Å²) < 4.78 is 0. The van der Waals surface area contributed by atoms with Crippen LogP contribution in [0.4, 0.5) is 0 Å². The summed E-state index contributed by atoms with van der Waals surface area (Å²) in [5.41, 5.74) is 0. The molecule has 2 fully saturated rings. The van der Waals surface area contributed by atoms with Crippen LogP contribution in [0.5, 0.6) is 0 Å². The zero-order valence-electron chi connectivity index (χ0n) is 9.63. The average molecular weight is 196 g/mol. The standard InChI is InChI=1S/C12H24N2/c1-10-5-4-8-14(10)9-11-6-3-7-12(11)13-2/h10-13H,3-9H2,1-2H3. The van der Waals surface area contributed by atoms with Gasteiger partial charge in [0.05, 0.1) is 0 Å². The van der Waals surface area contributed by atoms with Gasteiger partial charge in [0.25, 0.3) is 0 Å². The summed E-state index contributed by atoms with van der Waals surface area (Å²) in [7, 11) is 2.12. The number of nitrogens with one attached hydrogen (secondary N) is 1. The minimum Gasteiger partial charge on any atom is -0.317 e. The van der Waals surface area contributed by atoms with E-state index in [-0.39, 0.29) is 0 Å². The smallest absolute Gasteiger partial charge is 0.0104 e. The molecule has 1 aliphatic carbocycles. The van der Waals surface area contributed by atoms with E-state index in [1.165, 1.54) is 45.2 Å². The largest absolute Gasteiger partial charge is 0.317 e. The van der Waals surface area contributed by atoms with Gasteiger partial charge in [-0.15, -0.1) is 0 Å². The van der Waals surface area contributed by atoms with Gasteiger partial charge in [-0.3, -0.25) is 0 Å². The van der Waals surface area contributed by atoms with E-state index < -0.39 is 0 Å². The maximum Gasteiger partial charge on any atom is 0.0104 e. The van der Waals surface area contributed by atoms with Gasteiger partial charge in [0, 0.05) is 18.6 Å². The lowest BCUT2D eigenvalue weighted by molar-refractivity contribution is 0.211. The molecule has 1 saturated heterocycles. The molecule has 1 aliphatic heterocycles. The molecule has 82 valence electrons. The fourth-order valence-corrected chi connectivity index (χ4v) is 3.20.